The molecule has 33 heavy (non-hydrogen) atoms. The highest BCUT2D eigenvalue weighted by atomic mass is 32.2. The number of phenols is 1. The minimum Gasteiger partial charge on any atom is -0.507 e. The lowest BCUT2D eigenvalue weighted by atomic mass is 9.96. The third-order valence-corrected chi connectivity index (χ3v) is 5.16. The van der Waals surface area contributed by atoms with Crippen molar-refractivity contribution in [1.82, 2.24) is 9.78 Å². The summed E-state index contributed by atoms with van der Waals surface area (Å²) in [7, 11) is -4.85. The predicted molar refractivity (Wildman–Crippen MR) is 118 cm³/mol. The SMILES string of the molecule is Cc1[nH]n(-c2ccccc2)c(=O)c1-c1c(O)cc(N=NS(=O)(=O)O)c2cc([N+](=O)[O-])ccc12. The van der Waals surface area contributed by atoms with Gasteiger partial charge in [0.25, 0.3) is 11.2 Å². The Kier molecular flexibility index (Phi) is 5.27. The summed E-state index contributed by atoms with van der Waals surface area (Å²) in [6, 6.07) is 13.3. The van der Waals surface area contributed by atoms with E-state index in [0.717, 1.165) is 12.1 Å². The summed E-state index contributed by atoms with van der Waals surface area (Å²) >= 11 is 0. The van der Waals surface area contributed by atoms with E-state index in [0.29, 0.717) is 11.4 Å². The van der Waals surface area contributed by atoms with Crippen molar-refractivity contribution in [3.05, 3.63) is 80.8 Å². The van der Waals surface area contributed by atoms with E-state index < -0.39 is 26.5 Å². The number of H-pyrrole nitrogens is 1. The van der Waals surface area contributed by atoms with Gasteiger partial charge in [0.1, 0.15) is 5.75 Å². The van der Waals surface area contributed by atoms with Crippen LogP contribution >= 0.6 is 0 Å². The molecule has 3 aromatic carbocycles. The molecule has 4 aromatic rings. The number of aromatic amines is 1. The van der Waals surface area contributed by atoms with Crippen molar-refractivity contribution >= 4 is 32.5 Å². The average Bonchev–Trinajstić information content (AvgIpc) is 3.05. The zero-order valence-electron chi connectivity index (χ0n) is 16.8. The molecular formula is C20H15N5O7S. The third kappa shape index (κ3) is 4.09. The lowest BCUT2D eigenvalue weighted by Gasteiger charge is -2.10. The molecule has 1 heterocycles. The number of para-hydroxylation sites is 1. The molecule has 12 nitrogen and oxygen atoms in total. The average molecular weight is 469 g/mol. The summed E-state index contributed by atoms with van der Waals surface area (Å²) in [6.45, 7) is 1.62. The van der Waals surface area contributed by atoms with E-state index in [1.54, 1.807) is 37.3 Å². The number of hydrogen-bond donors (Lipinski definition) is 3. The Morgan fingerprint density at radius 3 is 2.39 bits per heavy atom. The van der Waals surface area contributed by atoms with Gasteiger partial charge in [0, 0.05) is 34.8 Å². The van der Waals surface area contributed by atoms with Crippen LogP contribution in [0.3, 0.4) is 0 Å². The summed E-state index contributed by atoms with van der Waals surface area (Å²) < 4.78 is 34.9. The van der Waals surface area contributed by atoms with Crippen LogP contribution in [0.5, 0.6) is 5.75 Å². The fourth-order valence-corrected chi connectivity index (χ4v) is 3.73. The van der Waals surface area contributed by atoms with E-state index in [2.05, 4.69) is 14.7 Å². The quantitative estimate of drug-likeness (QED) is 0.172. The Labute approximate surface area is 185 Å². The van der Waals surface area contributed by atoms with Crippen LogP contribution in [-0.2, 0) is 10.3 Å². The number of nitrogens with one attached hydrogen (secondary N) is 1. The van der Waals surface area contributed by atoms with Crippen molar-refractivity contribution in [3.63, 3.8) is 0 Å². The Balaban J connectivity index is 2.05. The summed E-state index contributed by atoms with van der Waals surface area (Å²) in [5.41, 5.74) is 0.0497. The minimum absolute atomic E-state index is 0.0376. The van der Waals surface area contributed by atoms with Gasteiger partial charge in [-0.2, -0.15) is 8.42 Å². The molecule has 4 rings (SSSR count). The van der Waals surface area contributed by atoms with Crippen LogP contribution in [0, 0.1) is 17.0 Å². The highest BCUT2D eigenvalue weighted by Gasteiger charge is 2.23. The molecule has 3 N–H and O–H groups in total. The van der Waals surface area contributed by atoms with Crippen LogP contribution in [0.25, 0.3) is 27.6 Å². The molecule has 13 heteroatoms. The molecule has 0 saturated carbocycles. The Morgan fingerprint density at radius 2 is 1.76 bits per heavy atom. The van der Waals surface area contributed by atoms with Crippen LogP contribution < -0.4 is 5.56 Å². The standard InChI is InChI=1S/C20H15N5O7S/c1-11-18(20(27)24(22-11)12-5-3-2-4-6-12)19-14-8-7-13(25(28)29)9-15(14)16(10-17(19)26)21-23-33(30,31)32/h2-10,22,26H,1H3,(H,30,31,32). The van der Waals surface area contributed by atoms with Gasteiger partial charge in [-0.1, -0.05) is 18.2 Å². The Bertz CT molecular complexity index is 1610. The van der Waals surface area contributed by atoms with Crippen LogP contribution in [0.2, 0.25) is 0 Å². The van der Waals surface area contributed by atoms with Gasteiger partial charge in [0.05, 0.1) is 21.9 Å². The molecule has 0 fully saturated rings. The number of aryl methyl sites for hydroxylation is 1. The molecule has 0 aliphatic carbocycles. The lowest BCUT2D eigenvalue weighted by molar-refractivity contribution is -0.384. The van der Waals surface area contributed by atoms with Crippen LogP contribution in [-0.4, -0.2) is 32.8 Å². The monoisotopic (exact) mass is 469 g/mol. The van der Waals surface area contributed by atoms with Crippen LogP contribution in [0.1, 0.15) is 5.69 Å². The number of aromatic nitrogens is 2. The number of non-ortho nitro benzene ring substituents is 1. The number of hydrogen-bond acceptors (Lipinski definition) is 7. The van der Waals surface area contributed by atoms with Crippen molar-refractivity contribution in [2.75, 3.05) is 0 Å². The van der Waals surface area contributed by atoms with E-state index in [1.807, 2.05) is 0 Å². The second-order valence-electron chi connectivity index (χ2n) is 6.99. The number of nitro groups is 1. The molecule has 0 aliphatic rings. The van der Waals surface area contributed by atoms with Gasteiger partial charge in [-0.25, -0.2) is 4.68 Å². The first kappa shape index (κ1) is 21.9. The molecule has 168 valence electrons. The zero-order valence-corrected chi connectivity index (χ0v) is 17.6. The molecule has 0 bridgehead atoms. The normalized spacial score (nSPS) is 11.9. The fourth-order valence-electron chi connectivity index (χ4n) is 3.53. The second-order valence-corrected chi connectivity index (χ2v) is 8.05. The maximum atomic E-state index is 13.3. The van der Waals surface area contributed by atoms with Gasteiger partial charge < -0.3 is 5.11 Å². The van der Waals surface area contributed by atoms with Crippen LogP contribution in [0.15, 0.2) is 69.0 Å². The maximum Gasteiger partial charge on any atom is 0.396 e. The number of fused-ring (bicyclic) bond motifs is 1. The summed E-state index contributed by atoms with van der Waals surface area (Å²) in [6.07, 6.45) is 0. The van der Waals surface area contributed by atoms with Gasteiger partial charge in [0.2, 0.25) is 0 Å². The van der Waals surface area contributed by atoms with Crippen molar-refractivity contribution in [1.29, 1.82) is 0 Å². The number of benzene rings is 3. The smallest absolute Gasteiger partial charge is 0.396 e. The van der Waals surface area contributed by atoms with E-state index >= 15 is 0 Å². The number of nitrogens with zero attached hydrogens (tertiary/aromatic N) is 4. The van der Waals surface area contributed by atoms with Gasteiger partial charge in [-0.05, 0) is 35.0 Å². The van der Waals surface area contributed by atoms with E-state index in [-0.39, 0.29) is 33.3 Å². The molecule has 0 unspecified atom stereocenters. The van der Waals surface area contributed by atoms with Gasteiger partial charge in [-0.3, -0.25) is 24.6 Å². The first-order chi connectivity index (χ1) is 15.6. The molecule has 0 amide bonds. The van der Waals surface area contributed by atoms with E-state index in [1.165, 1.54) is 16.8 Å². The molecule has 0 saturated heterocycles. The maximum absolute atomic E-state index is 13.3. The summed E-state index contributed by atoms with van der Waals surface area (Å²) in [5.74, 6) is -0.444. The Hall–Kier alpha value is -4.36. The summed E-state index contributed by atoms with van der Waals surface area (Å²) in [4.78, 5) is 23.9. The van der Waals surface area contributed by atoms with Crippen molar-refractivity contribution in [2.24, 2.45) is 9.63 Å². The number of aromatic hydroxyl groups is 1. The fraction of sp³-hybridized carbons (Fsp3) is 0.0500. The summed E-state index contributed by atoms with van der Waals surface area (Å²) in [5, 5.41) is 28.6. The van der Waals surface area contributed by atoms with Gasteiger partial charge in [0.15, 0.2) is 0 Å². The largest absolute Gasteiger partial charge is 0.507 e. The number of nitro benzene ring substituents is 1. The highest BCUT2D eigenvalue weighted by molar-refractivity contribution is 7.84. The number of rotatable bonds is 5. The molecule has 0 spiro atoms. The molecule has 0 atom stereocenters. The first-order valence-electron chi connectivity index (χ1n) is 9.29. The molecule has 1 aromatic heterocycles. The van der Waals surface area contributed by atoms with Crippen molar-refractivity contribution in [2.45, 2.75) is 6.92 Å². The zero-order chi connectivity index (χ0) is 23.9. The third-order valence-electron chi connectivity index (χ3n) is 4.88. The topological polar surface area (TPSA) is 180 Å². The predicted octanol–water partition coefficient (Wildman–Crippen LogP) is 3.79. The molecular weight excluding hydrogens is 454 g/mol. The minimum atomic E-state index is -4.85. The van der Waals surface area contributed by atoms with E-state index in [9.17, 15) is 28.4 Å². The van der Waals surface area contributed by atoms with Gasteiger partial charge in [-0.15, -0.1) is 5.11 Å². The van der Waals surface area contributed by atoms with Crippen molar-refractivity contribution in [3.8, 4) is 22.6 Å². The van der Waals surface area contributed by atoms with Crippen LogP contribution in [0.4, 0.5) is 11.4 Å². The Morgan fingerprint density at radius 1 is 1.06 bits per heavy atom. The van der Waals surface area contributed by atoms with Gasteiger partial charge >= 0.3 is 10.3 Å². The number of phenolic OH excluding ortho intramolecular Hbond substituents is 1. The second kappa shape index (κ2) is 7.96. The lowest BCUT2D eigenvalue weighted by Crippen LogP contribution is -2.15. The molecule has 0 aliphatic heterocycles. The first-order valence-corrected chi connectivity index (χ1v) is 10.7. The highest BCUT2D eigenvalue weighted by Crippen LogP contribution is 2.42. The molecule has 0 radical (unpaired) electrons. The van der Waals surface area contributed by atoms with Crippen molar-refractivity contribution < 1.29 is 23.0 Å². The van der Waals surface area contributed by atoms with E-state index in [4.69, 9.17) is 4.55 Å².